The summed E-state index contributed by atoms with van der Waals surface area (Å²) in [5.74, 6) is 0. The first-order valence-electron chi connectivity index (χ1n) is 3.69. The topological polar surface area (TPSA) is 20.2 Å². The van der Waals surface area contributed by atoms with Crippen LogP contribution in [-0.2, 0) is 0 Å². The van der Waals surface area contributed by atoms with E-state index in [-0.39, 0.29) is 0 Å². The van der Waals surface area contributed by atoms with E-state index in [9.17, 15) is 0 Å². The molecule has 0 unspecified atom stereocenters. The summed E-state index contributed by atoms with van der Waals surface area (Å²) >= 11 is 0. The van der Waals surface area contributed by atoms with Crippen LogP contribution in [0.4, 0.5) is 0 Å². The average Bonchev–Trinajstić information content (AvgIpc) is 2.33. The molecule has 1 heteroatoms. The molecule has 0 fully saturated rings. The standard InChI is InChI=1S/C8H14O/c1-2-7-4-3-5-8(7)6-9/h9H,2-6H2,1H3. The van der Waals surface area contributed by atoms with Gasteiger partial charge in [0.25, 0.3) is 0 Å². The Balaban J connectivity index is 2.59. The van der Waals surface area contributed by atoms with Crippen LogP contribution < -0.4 is 0 Å². The van der Waals surface area contributed by atoms with Gasteiger partial charge in [-0.05, 0) is 31.3 Å². The van der Waals surface area contributed by atoms with Crippen LogP contribution in [0.2, 0.25) is 0 Å². The number of aliphatic hydroxyl groups is 1. The Morgan fingerprint density at radius 3 is 2.44 bits per heavy atom. The van der Waals surface area contributed by atoms with Gasteiger partial charge in [0, 0.05) is 0 Å². The minimum absolute atomic E-state index is 0.295. The lowest BCUT2D eigenvalue weighted by atomic mass is 10.1. The highest BCUT2D eigenvalue weighted by molar-refractivity contribution is 5.19. The van der Waals surface area contributed by atoms with Gasteiger partial charge in [-0.2, -0.15) is 0 Å². The van der Waals surface area contributed by atoms with Crippen LogP contribution in [0.15, 0.2) is 11.1 Å². The van der Waals surface area contributed by atoms with E-state index < -0.39 is 0 Å². The molecule has 0 bridgehead atoms. The van der Waals surface area contributed by atoms with Gasteiger partial charge in [0.05, 0.1) is 6.61 Å². The molecule has 0 spiro atoms. The van der Waals surface area contributed by atoms with Crippen molar-refractivity contribution in [2.24, 2.45) is 0 Å². The SMILES string of the molecule is CCC1=C(CO)CCC1. The first kappa shape index (κ1) is 6.81. The van der Waals surface area contributed by atoms with Crippen molar-refractivity contribution in [1.29, 1.82) is 0 Å². The summed E-state index contributed by atoms with van der Waals surface area (Å²) < 4.78 is 0. The van der Waals surface area contributed by atoms with Crippen LogP contribution in [-0.4, -0.2) is 11.7 Å². The third kappa shape index (κ3) is 1.33. The highest BCUT2D eigenvalue weighted by Gasteiger charge is 2.10. The predicted octanol–water partition coefficient (Wildman–Crippen LogP) is 1.87. The number of allylic oxidation sites excluding steroid dienone is 1. The first-order chi connectivity index (χ1) is 4.38. The van der Waals surface area contributed by atoms with Gasteiger partial charge in [-0.25, -0.2) is 0 Å². The zero-order valence-electron chi connectivity index (χ0n) is 5.98. The second-order valence-corrected chi connectivity index (χ2v) is 2.57. The molecule has 52 valence electrons. The maximum atomic E-state index is 8.81. The molecule has 0 amide bonds. The predicted molar refractivity (Wildman–Crippen MR) is 38.3 cm³/mol. The van der Waals surface area contributed by atoms with Gasteiger partial charge in [-0.1, -0.05) is 12.5 Å². The highest BCUT2D eigenvalue weighted by Crippen LogP contribution is 2.27. The molecule has 1 rings (SSSR count). The van der Waals surface area contributed by atoms with Crippen LogP contribution in [0, 0.1) is 0 Å². The summed E-state index contributed by atoms with van der Waals surface area (Å²) in [4.78, 5) is 0. The third-order valence-electron chi connectivity index (χ3n) is 2.07. The number of hydrogen-bond donors (Lipinski definition) is 1. The van der Waals surface area contributed by atoms with Crippen molar-refractivity contribution in [2.75, 3.05) is 6.61 Å². The van der Waals surface area contributed by atoms with Crippen molar-refractivity contribution in [3.8, 4) is 0 Å². The number of hydrogen-bond acceptors (Lipinski definition) is 1. The summed E-state index contributed by atoms with van der Waals surface area (Å²) in [5, 5.41) is 8.81. The van der Waals surface area contributed by atoms with Crippen LogP contribution in [0.1, 0.15) is 32.6 Å². The molecule has 0 aromatic carbocycles. The minimum atomic E-state index is 0.295. The van der Waals surface area contributed by atoms with E-state index in [2.05, 4.69) is 6.92 Å². The summed E-state index contributed by atoms with van der Waals surface area (Å²) in [7, 11) is 0. The Morgan fingerprint density at radius 1 is 1.33 bits per heavy atom. The van der Waals surface area contributed by atoms with E-state index in [0.29, 0.717) is 6.61 Å². The lowest BCUT2D eigenvalue weighted by Crippen LogP contribution is -1.88. The molecular formula is C8H14O. The molecule has 0 saturated heterocycles. The van der Waals surface area contributed by atoms with E-state index >= 15 is 0 Å². The van der Waals surface area contributed by atoms with Gasteiger partial charge < -0.3 is 5.11 Å². The van der Waals surface area contributed by atoms with Gasteiger partial charge in [0.15, 0.2) is 0 Å². The smallest absolute Gasteiger partial charge is 0.0644 e. The van der Waals surface area contributed by atoms with Gasteiger partial charge in [-0.15, -0.1) is 0 Å². The fourth-order valence-corrected chi connectivity index (χ4v) is 1.49. The molecular weight excluding hydrogens is 112 g/mol. The van der Waals surface area contributed by atoms with Crippen molar-refractivity contribution in [3.63, 3.8) is 0 Å². The molecule has 0 heterocycles. The Morgan fingerprint density at radius 2 is 2.00 bits per heavy atom. The maximum Gasteiger partial charge on any atom is 0.0644 e. The van der Waals surface area contributed by atoms with Gasteiger partial charge >= 0.3 is 0 Å². The lowest BCUT2D eigenvalue weighted by molar-refractivity contribution is 0.327. The first-order valence-corrected chi connectivity index (χ1v) is 3.69. The molecule has 0 radical (unpaired) electrons. The molecule has 0 aromatic rings. The molecule has 0 aliphatic heterocycles. The third-order valence-corrected chi connectivity index (χ3v) is 2.07. The van der Waals surface area contributed by atoms with Crippen molar-refractivity contribution >= 4 is 0 Å². The molecule has 0 saturated carbocycles. The monoisotopic (exact) mass is 126 g/mol. The van der Waals surface area contributed by atoms with Crippen LogP contribution in [0.5, 0.6) is 0 Å². The van der Waals surface area contributed by atoms with Crippen LogP contribution >= 0.6 is 0 Å². The Bertz CT molecular complexity index is 111. The lowest BCUT2D eigenvalue weighted by Gasteiger charge is -1.98. The molecule has 0 aromatic heterocycles. The van der Waals surface area contributed by atoms with Gasteiger partial charge in [-0.3, -0.25) is 0 Å². The second-order valence-electron chi connectivity index (χ2n) is 2.57. The Kier molecular flexibility index (Phi) is 2.29. The quantitative estimate of drug-likeness (QED) is 0.560. The summed E-state index contributed by atoms with van der Waals surface area (Å²) in [6.45, 7) is 2.46. The van der Waals surface area contributed by atoms with E-state index in [0.717, 1.165) is 12.8 Å². The number of aliphatic hydroxyl groups excluding tert-OH is 1. The number of rotatable bonds is 2. The van der Waals surface area contributed by atoms with E-state index in [4.69, 9.17) is 5.11 Å². The zero-order valence-corrected chi connectivity index (χ0v) is 5.98. The van der Waals surface area contributed by atoms with E-state index in [1.165, 1.54) is 24.0 Å². The average molecular weight is 126 g/mol. The Hall–Kier alpha value is -0.300. The van der Waals surface area contributed by atoms with Crippen LogP contribution in [0.3, 0.4) is 0 Å². The summed E-state index contributed by atoms with van der Waals surface area (Å²) in [5.41, 5.74) is 2.80. The van der Waals surface area contributed by atoms with Crippen molar-refractivity contribution in [2.45, 2.75) is 32.6 Å². The molecule has 0 atom stereocenters. The normalized spacial score (nSPS) is 19.3. The fraction of sp³-hybridized carbons (Fsp3) is 0.750. The van der Waals surface area contributed by atoms with Crippen LogP contribution in [0.25, 0.3) is 0 Å². The largest absolute Gasteiger partial charge is 0.392 e. The minimum Gasteiger partial charge on any atom is -0.392 e. The molecule has 1 aliphatic rings. The van der Waals surface area contributed by atoms with Gasteiger partial charge in [0.2, 0.25) is 0 Å². The molecule has 9 heavy (non-hydrogen) atoms. The molecule has 1 N–H and O–H groups in total. The zero-order chi connectivity index (χ0) is 6.69. The summed E-state index contributed by atoms with van der Waals surface area (Å²) in [6, 6.07) is 0. The van der Waals surface area contributed by atoms with Gasteiger partial charge in [0.1, 0.15) is 0 Å². The maximum absolute atomic E-state index is 8.81. The highest BCUT2D eigenvalue weighted by atomic mass is 16.3. The van der Waals surface area contributed by atoms with Crippen molar-refractivity contribution in [3.05, 3.63) is 11.1 Å². The van der Waals surface area contributed by atoms with E-state index in [1.54, 1.807) is 0 Å². The summed E-state index contributed by atoms with van der Waals surface area (Å²) in [6.07, 6.45) is 4.76. The van der Waals surface area contributed by atoms with E-state index in [1.807, 2.05) is 0 Å². The van der Waals surface area contributed by atoms with Crippen molar-refractivity contribution < 1.29 is 5.11 Å². The second kappa shape index (κ2) is 3.02. The van der Waals surface area contributed by atoms with Crippen molar-refractivity contribution in [1.82, 2.24) is 0 Å². The molecule has 1 aliphatic carbocycles. The molecule has 1 nitrogen and oxygen atoms in total. The Labute approximate surface area is 56.4 Å². The fourth-order valence-electron chi connectivity index (χ4n) is 1.49.